The molecule has 0 atom stereocenters. The molecule has 0 saturated heterocycles. The van der Waals surface area contributed by atoms with E-state index in [-0.39, 0.29) is 18.3 Å². The lowest BCUT2D eigenvalue weighted by Crippen LogP contribution is -2.14. The van der Waals surface area contributed by atoms with E-state index in [1.807, 2.05) is 13.1 Å². The number of amides is 1. The summed E-state index contributed by atoms with van der Waals surface area (Å²) in [6, 6.07) is 10.8. The third kappa shape index (κ3) is 5.01. The maximum Gasteiger partial charge on any atom is 0.235 e. The Labute approximate surface area is 168 Å². The molecule has 1 N–H and O–H groups in total. The Balaban J connectivity index is 1.53. The Hall–Kier alpha value is -2.54. The predicted molar refractivity (Wildman–Crippen MR) is 105 cm³/mol. The van der Waals surface area contributed by atoms with Crippen LogP contribution in [0.1, 0.15) is 11.4 Å². The molecule has 27 heavy (non-hydrogen) atoms. The summed E-state index contributed by atoms with van der Waals surface area (Å²) in [5.74, 6) is 1.27. The van der Waals surface area contributed by atoms with Gasteiger partial charge in [-0.05, 0) is 35.7 Å². The van der Waals surface area contributed by atoms with Crippen LogP contribution >= 0.6 is 34.7 Å². The van der Waals surface area contributed by atoms with Crippen molar-refractivity contribution in [2.45, 2.75) is 11.8 Å². The van der Waals surface area contributed by atoms with Crippen molar-refractivity contribution in [3.63, 3.8) is 0 Å². The van der Waals surface area contributed by atoms with Crippen molar-refractivity contribution in [3.8, 4) is 11.8 Å². The number of halogens is 1. The van der Waals surface area contributed by atoms with Crippen molar-refractivity contribution < 1.29 is 9.53 Å². The Bertz CT molecular complexity index is 978. The summed E-state index contributed by atoms with van der Waals surface area (Å²) in [5.41, 5.74) is 0.457. The molecule has 0 aliphatic rings. The maximum atomic E-state index is 12.1. The molecule has 0 saturated carbocycles. The summed E-state index contributed by atoms with van der Waals surface area (Å²) in [6.45, 7) is 0.249. The molecule has 2 heterocycles. The fourth-order valence-electron chi connectivity index (χ4n) is 2.06. The molecule has 0 unspecified atom stereocenters. The van der Waals surface area contributed by atoms with Crippen LogP contribution in [0.2, 0.25) is 5.02 Å². The monoisotopic (exact) mass is 419 g/mol. The lowest BCUT2D eigenvalue weighted by atomic mass is 10.3. The smallest absolute Gasteiger partial charge is 0.235 e. The van der Waals surface area contributed by atoms with E-state index in [0.717, 1.165) is 0 Å². The Morgan fingerprint density at radius 1 is 1.37 bits per heavy atom. The fourth-order valence-corrected chi connectivity index (χ4v) is 3.67. The van der Waals surface area contributed by atoms with Gasteiger partial charge in [-0.2, -0.15) is 5.26 Å². The largest absolute Gasteiger partial charge is 0.486 e. The highest BCUT2D eigenvalue weighted by atomic mass is 35.5. The van der Waals surface area contributed by atoms with Crippen LogP contribution in [-0.2, 0) is 18.4 Å². The Morgan fingerprint density at radius 3 is 2.89 bits per heavy atom. The minimum absolute atomic E-state index is 0.160. The van der Waals surface area contributed by atoms with Crippen molar-refractivity contribution in [1.82, 2.24) is 14.8 Å². The SMILES string of the molecule is Cn1c(COc2ccc(Cl)cc2)nnc1SCC(=O)Nc1sccc1C#N. The molecule has 0 bridgehead atoms. The zero-order valence-electron chi connectivity index (χ0n) is 14.2. The number of hydrogen-bond donors (Lipinski definition) is 1. The van der Waals surface area contributed by atoms with E-state index >= 15 is 0 Å². The third-order valence-corrected chi connectivity index (χ3v) is 5.58. The average Bonchev–Trinajstić information content (AvgIpc) is 3.26. The molecule has 0 aliphatic heterocycles. The first-order chi connectivity index (χ1) is 13.1. The first-order valence-electron chi connectivity index (χ1n) is 7.73. The van der Waals surface area contributed by atoms with E-state index in [9.17, 15) is 4.79 Å². The first kappa shape index (κ1) is 19.2. The number of nitriles is 1. The van der Waals surface area contributed by atoms with Gasteiger partial charge < -0.3 is 14.6 Å². The lowest BCUT2D eigenvalue weighted by molar-refractivity contribution is -0.113. The van der Waals surface area contributed by atoms with E-state index in [1.54, 1.807) is 40.3 Å². The number of hydrogen-bond acceptors (Lipinski definition) is 7. The van der Waals surface area contributed by atoms with Gasteiger partial charge in [-0.15, -0.1) is 21.5 Å². The quantitative estimate of drug-likeness (QED) is 0.587. The number of thiophene rings is 1. The topological polar surface area (TPSA) is 92.8 Å². The van der Waals surface area contributed by atoms with Crippen LogP contribution in [-0.4, -0.2) is 26.4 Å². The second-order valence-electron chi connectivity index (χ2n) is 5.31. The summed E-state index contributed by atoms with van der Waals surface area (Å²) >= 11 is 8.42. The minimum atomic E-state index is -0.207. The van der Waals surface area contributed by atoms with Gasteiger partial charge in [0.05, 0.1) is 11.3 Å². The number of carbonyl (C=O) groups excluding carboxylic acids is 1. The highest BCUT2D eigenvalue weighted by molar-refractivity contribution is 7.99. The van der Waals surface area contributed by atoms with Gasteiger partial charge in [-0.3, -0.25) is 4.79 Å². The fraction of sp³-hybridized carbons (Fsp3) is 0.176. The minimum Gasteiger partial charge on any atom is -0.486 e. The molecule has 0 fully saturated rings. The average molecular weight is 420 g/mol. The second kappa shape index (κ2) is 8.90. The second-order valence-corrected chi connectivity index (χ2v) is 7.61. The molecule has 3 rings (SSSR count). The molecule has 7 nitrogen and oxygen atoms in total. The molecule has 138 valence electrons. The van der Waals surface area contributed by atoms with Crippen LogP contribution < -0.4 is 10.1 Å². The van der Waals surface area contributed by atoms with Crippen LogP contribution in [0.25, 0.3) is 0 Å². The van der Waals surface area contributed by atoms with E-state index in [0.29, 0.717) is 32.3 Å². The van der Waals surface area contributed by atoms with Gasteiger partial charge in [0.25, 0.3) is 0 Å². The summed E-state index contributed by atoms with van der Waals surface area (Å²) in [6.07, 6.45) is 0. The maximum absolute atomic E-state index is 12.1. The number of nitrogens with zero attached hydrogens (tertiary/aromatic N) is 4. The van der Waals surface area contributed by atoms with Crippen LogP contribution in [0.4, 0.5) is 5.00 Å². The van der Waals surface area contributed by atoms with Crippen molar-refractivity contribution >= 4 is 45.6 Å². The molecule has 1 amide bonds. The zero-order chi connectivity index (χ0) is 19.2. The van der Waals surface area contributed by atoms with E-state index in [1.165, 1.54) is 23.1 Å². The number of anilines is 1. The molecule has 0 spiro atoms. The molecular weight excluding hydrogens is 406 g/mol. The lowest BCUT2D eigenvalue weighted by Gasteiger charge is -2.07. The number of thioether (sulfide) groups is 1. The van der Waals surface area contributed by atoms with Gasteiger partial charge in [0.15, 0.2) is 11.0 Å². The van der Waals surface area contributed by atoms with Gasteiger partial charge in [-0.1, -0.05) is 23.4 Å². The van der Waals surface area contributed by atoms with Gasteiger partial charge in [0, 0.05) is 12.1 Å². The van der Waals surface area contributed by atoms with Crippen LogP contribution in [0.15, 0.2) is 40.9 Å². The number of aromatic nitrogens is 3. The highest BCUT2D eigenvalue weighted by Gasteiger charge is 2.13. The third-order valence-electron chi connectivity index (χ3n) is 3.48. The Kier molecular flexibility index (Phi) is 6.34. The number of rotatable bonds is 7. The highest BCUT2D eigenvalue weighted by Crippen LogP contribution is 2.23. The number of ether oxygens (including phenoxy) is 1. The molecule has 3 aromatic rings. The van der Waals surface area contributed by atoms with Gasteiger partial charge >= 0.3 is 0 Å². The number of nitrogens with one attached hydrogen (secondary N) is 1. The molecule has 0 radical (unpaired) electrons. The van der Waals surface area contributed by atoms with Crippen molar-refractivity contribution in [3.05, 3.63) is 52.1 Å². The first-order valence-corrected chi connectivity index (χ1v) is 9.98. The van der Waals surface area contributed by atoms with Gasteiger partial charge in [0.2, 0.25) is 5.91 Å². The summed E-state index contributed by atoms with van der Waals surface area (Å²) in [7, 11) is 1.81. The van der Waals surface area contributed by atoms with E-state index < -0.39 is 0 Å². The van der Waals surface area contributed by atoms with E-state index in [4.69, 9.17) is 21.6 Å². The van der Waals surface area contributed by atoms with E-state index in [2.05, 4.69) is 15.5 Å². The van der Waals surface area contributed by atoms with Crippen molar-refractivity contribution in [2.75, 3.05) is 11.1 Å². The molecule has 2 aromatic heterocycles. The number of carbonyl (C=O) groups is 1. The van der Waals surface area contributed by atoms with Crippen molar-refractivity contribution in [2.24, 2.45) is 7.05 Å². The predicted octanol–water partition coefficient (Wildman–Crippen LogP) is 3.71. The number of benzene rings is 1. The molecule has 10 heteroatoms. The van der Waals surface area contributed by atoms with Gasteiger partial charge in [-0.25, -0.2) is 0 Å². The summed E-state index contributed by atoms with van der Waals surface area (Å²) in [4.78, 5) is 12.1. The molecule has 0 aliphatic carbocycles. The standard InChI is InChI=1S/C17H14ClN5O2S2/c1-23-14(9-25-13-4-2-12(18)3-5-13)21-22-17(23)27-10-15(24)20-16-11(8-19)6-7-26-16/h2-7H,9-10H2,1H3,(H,20,24). The van der Waals surface area contributed by atoms with Gasteiger partial charge in [0.1, 0.15) is 23.4 Å². The van der Waals surface area contributed by atoms with Crippen LogP contribution in [0.3, 0.4) is 0 Å². The van der Waals surface area contributed by atoms with Crippen LogP contribution in [0.5, 0.6) is 5.75 Å². The van der Waals surface area contributed by atoms with Crippen molar-refractivity contribution in [1.29, 1.82) is 5.26 Å². The summed E-state index contributed by atoms with van der Waals surface area (Å²) in [5, 5.41) is 23.5. The molecule has 1 aromatic carbocycles. The summed E-state index contributed by atoms with van der Waals surface area (Å²) < 4.78 is 7.44. The normalized spacial score (nSPS) is 10.4. The zero-order valence-corrected chi connectivity index (χ0v) is 16.6. The Morgan fingerprint density at radius 2 is 2.15 bits per heavy atom. The van der Waals surface area contributed by atoms with Crippen LogP contribution in [0, 0.1) is 11.3 Å². The molecular formula is C17H14ClN5O2S2.